The van der Waals surface area contributed by atoms with Gasteiger partial charge in [0, 0.05) is 30.3 Å². The summed E-state index contributed by atoms with van der Waals surface area (Å²) >= 11 is 0. The molecule has 0 bridgehead atoms. The van der Waals surface area contributed by atoms with Gasteiger partial charge in [-0.15, -0.1) is 0 Å². The van der Waals surface area contributed by atoms with Gasteiger partial charge in [0.15, 0.2) is 0 Å². The number of likely N-dealkylation sites (tertiary alicyclic amines) is 1. The zero-order chi connectivity index (χ0) is 20.1. The van der Waals surface area contributed by atoms with Gasteiger partial charge in [0.05, 0.1) is 6.61 Å². The van der Waals surface area contributed by atoms with Crippen molar-refractivity contribution in [2.24, 2.45) is 0 Å². The molecule has 1 aliphatic rings. The van der Waals surface area contributed by atoms with Crippen LogP contribution in [-0.4, -0.2) is 42.6 Å². The molecule has 0 N–H and O–H groups in total. The van der Waals surface area contributed by atoms with Crippen LogP contribution < -0.4 is 4.74 Å². The number of aldehydes is 1. The SMILES string of the molecule is O=CCc1cccc(OCCCN2CCC(c3onc4cc(F)ccc34)CC2)c1. The maximum absolute atomic E-state index is 13.3. The summed E-state index contributed by atoms with van der Waals surface area (Å²) in [6, 6.07) is 12.4. The average molecular weight is 396 g/mol. The van der Waals surface area contributed by atoms with Crippen molar-refractivity contribution >= 4 is 17.2 Å². The summed E-state index contributed by atoms with van der Waals surface area (Å²) in [5.41, 5.74) is 1.57. The van der Waals surface area contributed by atoms with Crippen molar-refractivity contribution < 1.29 is 18.4 Å². The van der Waals surface area contributed by atoms with Crippen LogP contribution in [0.1, 0.15) is 36.5 Å². The van der Waals surface area contributed by atoms with Crippen LogP contribution in [0.3, 0.4) is 0 Å². The van der Waals surface area contributed by atoms with E-state index in [1.54, 1.807) is 6.07 Å². The predicted octanol–water partition coefficient (Wildman–Crippen LogP) is 4.36. The summed E-state index contributed by atoms with van der Waals surface area (Å²) in [5, 5.41) is 4.94. The monoisotopic (exact) mass is 396 g/mol. The summed E-state index contributed by atoms with van der Waals surface area (Å²) in [7, 11) is 0. The van der Waals surface area contributed by atoms with Gasteiger partial charge in [-0.1, -0.05) is 17.3 Å². The number of carbonyl (C=O) groups is 1. The lowest BCUT2D eigenvalue weighted by Gasteiger charge is -2.30. The third kappa shape index (κ3) is 4.82. The van der Waals surface area contributed by atoms with Crippen LogP contribution >= 0.6 is 0 Å². The zero-order valence-corrected chi connectivity index (χ0v) is 16.4. The predicted molar refractivity (Wildman–Crippen MR) is 109 cm³/mol. The number of nitrogens with zero attached hydrogens (tertiary/aromatic N) is 2. The van der Waals surface area contributed by atoms with Crippen LogP contribution in [0.4, 0.5) is 4.39 Å². The summed E-state index contributed by atoms with van der Waals surface area (Å²) in [6.07, 6.45) is 4.30. The Balaban J connectivity index is 1.22. The maximum atomic E-state index is 13.3. The normalized spacial score (nSPS) is 15.6. The van der Waals surface area contributed by atoms with E-state index in [0.29, 0.717) is 24.5 Å². The van der Waals surface area contributed by atoms with Crippen molar-refractivity contribution in [3.63, 3.8) is 0 Å². The van der Waals surface area contributed by atoms with Gasteiger partial charge in [-0.2, -0.15) is 0 Å². The zero-order valence-electron chi connectivity index (χ0n) is 16.4. The van der Waals surface area contributed by atoms with Crippen LogP contribution in [0.2, 0.25) is 0 Å². The fourth-order valence-corrected chi connectivity index (χ4v) is 3.99. The minimum atomic E-state index is -0.287. The second kappa shape index (κ2) is 9.18. The smallest absolute Gasteiger partial charge is 0.147 e. The molecule has 2 heterocycles. The molecule has 0 atom stereocenters. The van der Waals surface area contributed by atoms with Crippen molar-refractivity contribution in [3.8, 4) is 5.75 Å². The van der Waals surface area contributed by atoms with Crippen molar-refractivity contribution in [1.29, 1.82) is 0 Å². The lowest BCUT2D eigenvalue weighted by Crippen LogP contribution is -2.34. The fraction of sp³-hybridized carbons (Fsp3) is 0.391. The molecule has 152 valence electrons. The fourth-order valence-electron chi connectivity index (χ4n) is 3.99. The Kier molecular flexibility index (Phi) is 6.20. The van der Waals surface area contributed by atoms with Gasteiger partial charge >= 0.3 is 0 Å². The van der Waals surface area contributed by atoms with Gasteiger partial charge in [-0.3, -0.25) is 0 Å². The molecule has 1 saturated heterocycles. The molecule has 6 heteroatoms. The number of benzene rings is 2. The van der Waals surface area contributed by atoms with Crippen molar-refractivity contribution in [2.75, 3.05) is 26.2 Å². The van der Waals surface area contributed by atoms with Crippen molar-refractivity contribution in [3.05, 3.63) is 59.6 Å². The van der Waals surface area contributed by atoms with Gasteiger partial charge in [0.25, 0.3) is 0 Å². The molecule has 0 amide bonds. The minimum Gasteiger partial charge on any atom is -0.494 e. The highest BCUT2D eigenvalue weighted by Gasteiger charge is 2.25. The largest absolute Gasteiger partial charge is 0.494 e. The number of carbonyl (C=O) groups excluding carboxylic acids is 1. The summed E-state index contributed by atoms with van der Waals surface area (Å²) in [6.45, 7) is 3.65. The number of aromatic nitrogens is 1. The Bertz CT molecular complexity index is 964. The van der Waals surface area contributed by atoms with Crippen LogP contribution in [0.25, 0.3) is 10.9 Å². The molecular weight excluding hydrogens is 371 g/mol. The van der Waals surface area contributed by atoms with Gasteiger partial charge in [-0.25, -0.2) is 4.39 Å². The van der Waals surface area contributed by atoms with Gasteiger partial charge in [-0.05, 0) is 62.2 Å². The molecule has 1 aromatic heterocycles. The van der Waals surface area contributed by atoms with Crippen molar-refractivity contribution in [1.82, 2.24) is 10.1 Å². The van der Waals surface area contributed by atoms with E-state index in [-0.39, 0.29) is 5.82 Å². The summed E-state index contributed by atoms with van der Waals surface area (Å²) in [4.78, 5) is 13.1. The lowest BCUT2D eigenvalue weighted by atomic mass is 9.92. The molecule has 4 rings (SSSR count). The number of hydrogen-bond acceptors (Lipinski definition) is 5. The Morgan fingerprint density at radius 3 is 2.90 bits per heavy atom. The van der Waals surface area contributed by atoms with E-state index in [9.17, 15) is 9.18 Å². The van der Waals surface area contributed by atoms with Crippen LogP contribution in [0.5, 0.6) is 5.75 Å². The highest BCUT2D eigenvalue weighted by atomic mass is 19.1. The third-order valence-corrected chi connectivity index (χ3v) is 5.53. The first-order valence-corrected chi connectivity index (χ1v) is 10.2. The first kappa shape index (κ1) is 19.6. The van der Waals surface area contributed by atoms with Crippen molar-refractivity contribution in [2.45, 2.75) is 31.6 Å². The molecule has 0 aliphatic carbocycles. The lowest BCUT2D eigenvalue weighted by molar-refractivity contribution is -0.107. The van der Waals surface area contributed by atoms with Crippen LogP contribution in [-0.2, 0) is 11.2 Å². The highest BCUT2D eigenvalue weighted by molar-refractivity contribution is 5.80. The molecule has 1 fully saturated rings. The summed E-state index contributed by atoms with van der Waals surface area (Å²) in [5.74, 6) is 1.75. The molecule has 1 aliphatic heterocycles. The van der Waals surface area contributed by atoms with E-state index in [4.69, 9.17) is 9.26 Å². The Hall–Kier alpha value is -2.73. The minimum absolute atomic E-state index is 0.287. The maximum Gasteiger partial charge on any atom is 0.147 e. The van der Waals surface area contributed by atoms with E-state index in [1.165, 1.54) is 12.1 Å². The first-order valence-electron chi connectivity index (χ1n) is 10.2. The molecule has 2 aromatic carbocycles. The number of ether oxygens (including phenoxy) is 1. The third-order valence-electron chi connectivity index (χ3n) is 5.53. The van der Waals surface area contributed by atoms with E-state index in [2.05, 4.69) is 10.1 Å². The van der Waals surface area contributed by atoms with E-state index in [1.807, 2.05) is 24.3 Å². The Morgan fingerprint density at radius 2 is 2.07 bits per heavy atom. The molecule has 0 radical (unpaired) electrons. The number of halogens is 1. The number of fused-ring (bicyclic) bond motifs is 1. The molecule has 0 spiro atoms. The molecule has 5 nitrogen and oxygen atoms in total. The first-order chi connectivity index (χ1) is 14.2. The molecule has 29 heavy (non-hydrogen) atoms. The quantitative estimate of drug-likeness (QED) is 0.418. The van der Waals surface area contributed by atoms with Crippen LogP contribution in [0.15, 0.2) is 47.0 Å². The number of rotatable bonds is 8. The molecule has 3 aromatic rings. The molecular formula is C23H25FN2O3. The number of hydrogen-bond donors (Lipinski definition) is 0. The van der Waals surface area contributed by atoms with E-state index in [0.717, 1.165) is 67.6 Å². The number of piperidine rings is 1. The van der Waals surface area contributed by atoms with Gasteiger partial charge < -0.3 is 19.0 Å². The topological polar surface area (TPSA) is 55.6 Å². The second-order valence-electron chi connectivity index (χ2n) is 7.54. The Labute approximate surface area is 169 Å². The van der Waals surface area contributed by atoms with E-state index >= 15 is 0 Å². The van der Waals surface area contributed by atoms with E-state index < -0.39 is 0 Å². The summed E-state index contributed by atoms with van der Waals surface area (Å²) < 4.78 is 24.7. The second-order valence-corrected chi connectivity index (χ2v) is 7.54. The Morgan fingerprint density at radius 1 is 1.21 bits per heavy atom. The van der Waals surface area contributed by atoms with Gasteiger partial charge in [0.2, 0.25) is 0 Å². The average Bonchev–Trinajstić information content (AvgIpc) is 3.15. The standard InChI is InChI=1S/C23H25FN2O3/c24-19-5-6-21-22(16-19)25-29-23(21)18-7-11-26(12-8-18)10-2-14-28-20-4-1-3-17(15-20)9-13-27/h1,3-6,13,15-16,18H,2,7-12,14H2. The van der Waals surface area contributed by atoms with Gasteiger partial charge in [0.1, 0.15) is 29.1 Å². The highest BCUT2D eigenvalue weighted by Crippen LogP contribution is 2.33. The molecule has 0 unspecified atom stereocenters. The molecule has 0 saturated carbocycles. The van der Waals surface area contributed by atoms with Crippen LogP contribution in [0, 0.1) is 5.82 Å².